The summed E-state index contributed by atoms with van der Waals surface area (Å²) < 4.78 is 14.2. The zero-order chi connectivity index (χ0) is 19.4. The number of aromatic amines is 1. The molecule has 1 aliphatic carbocycles. The molecule has 0 spiro atoms. The standard InChI is InChI=1S/C22H15ClFNO2S/c23-20-18(15-8-7-11-3-2-6-14(11)19(15)26)17-10-16(21(27)25-22(17)28-20)12-4-1-5-13(24)9-12/h1,4-5,7-10,26H,2-3,6H2,(H,25,27). The lowest BCUT2D eigenvalue weighted by Gasteiger charge is -2.10. The quantitative estimate of drug-likeness (QED) is 0.430. The van der Waals surface area contributed by atoms with E-state index in [1.807, 2.05) is 12.1 Å². The van der Waals surface area contributed by atoms with Crippen molar-refractivity contribution in [3.63, 3.8) is 0 Å². The zero-order valence-corrected chi connectivity index (χ0v) is 16.3. The van der Waals surface area contributed by atoms with Gasteiger partial charge in [0.2, 0.25) is 0 Å². The van der Waals surface area contributed by atoms with Crippen LogP contribution < -0.4 is 5.56 Å². The van der Waals surface area contributed by atoms with Crippen molar-refractivity contribution in [2.45, 2.75) is 19.3 Å². The first-order chi connectivity index (χ1) is 13.5. The molecular formula is C22H15ClFNO2S. The van der Waals surface area contributed by atoms with Gasteiger partial charge in [0.05, 0.1) is 0 Å². The van der Waals surface area contributed by atoms with Gasteiger partial charge in [-0.3, -0.25) is 4.79 Å². The van der Waals surface area contributed by atoms with Crippen LogP contribution in [-0.4, -0.2) is 10.1 Å². The first-order valence-electron chi connectivity index (χ1n) is 8.98. The lowest BCUT2D eigenvalue weighted by Crippen LogP contribution is -2.07. The number of benzene rings is 2. The fourth-order valence-corrected chi connectivity index (χ4v) is 5.35. The predicted molar refractivity (Wildman–Crippen MR) is 112 cm³/mol. The van der Waals surface area contributed by atoms with Crippen LogP contribution in [0.15, 0.2) is 47.3 Å². The number of nitrogens with one attached hydrogen (secondary N) is 1. The summed E-state index contributed by atoms with van der Waals surface area (Å²) >= 11 is 7.79. The largest absolute Gasteiger partial charge is 0.507 e. The van der Waals surface area contributed by atoms with Crippen molar-refractivity contribution in [2.24, 2.45) is 0 Å². The van der Waals surface area contributed by atoms with E-state index >= 15 is 0 Å². The molecule has 5 rings (SSSR count). The number of aromatic hydroxyl groups is 1. The highest BCUT2D eigenvalue weighted by atomic mass is 35.5. The first-order valence-corrected chi connectivity index (χ1v) is 10.2. The molecule has 0 amide bonds. The highest BCUT2D eigenvalue weighted by Gasteiger charge is 2.23. The monoisotopic (exact) mass is 411 g/mol. The van der Waals surface area contributed by atoms with E-state index in [0.717, 1.165) is 30.2 Å². The highest BCUT2D eigenvalue weighted by Crippen LogP contribution is 2.47. The van der Waals surface area contributed by atoms with Gasteiger partial charge in [-0.15, -0.1) is 11.3 Å². The molecule has 0 radical (unpaired) electrons. The number of phenols is 1. The summed E-state index contributed by atoms with van der Waals surface area (Å²) in [5.41, 5.74) is 4.06. The number of thiophene rings is 1. The Balaban J connectivity index is 1.78. The number of pyridine rings is 1. The molecule has 0 unspecified atom stereocenters. The summed E-state index contributed by atoms with van der Waals surface area (Å²) in [6, 6.07) is 11.6. The summed E-state index contributed by atoms with van der Waals surface area (Å²) in [5.74, 6) is -0.146. The van der Waals surface area contributed by atoms with E-state index in [-0.39, 0.29) is 11.3 Å². The average Bonchev–Trinajstić information content (AvgIpc) is 3.26. The summed E-state index contributed by atoms with van der Waals surface area (Å²) in [4.78, 5) is 16.0. The molecule has 0 fully saturated rings. The summed E-state index contributed by atoms with van der Waals surface area (Å²) in [6.45, 7) is 0. The van der Waals surface area contributed by atoms with Crippen LogP contribution in [0.1, 0.15) is 17.5 Å². The molecular weight excluding hydrogens is 397 g/mol. The number of hydrogen-bond acceptors (Lipinski definition) is 3. The van der Waals surface area contributed by atoms with Crippen molar-refractivity contribution in [3.05, 3.63) is 74.1 Å². The summed E-state index contributed by atoms with van der Waals surface area (Å²) in [6.07, 6.45) is 2.85. The second-order valence-electron chi connectivity index (χ2n) is 6.97. The van der Waals surface area contributed by atoms with Crippen molar-refractivity contribution >= 4 is 33.2 Å². The lowest BCUT2D eigenvalue weighted by atomic mass is 9.97. The Bertz CT molecular complexity index is 1310. The van der Waals surface area contributed by atoms with Gasteiger partial charge in [0, 0.05) is 22.1 Å². The normalized spacial score (nSPS) is 13.2. The van der Waals surface area contributed by atoms with Gasteiger partial charge in [-0.2, -0.15) is 0 Å². The second-order valence-corrected chi connectivity index (χ2v) is 8.59. The fourth-order valence-electron chi connectivity index (χ4n) is 4.00. The number of aryl methyl sites for hydroxylation is 1. The van der Waals surface area contributed by atoms with Crippen LogP contribution in [0, 0.1) is 5.82 Å². The van der Waals surface area contributed by atoms with Crippen LogP contribution in [0.3, 0.4) is 0 Å². The molecule has 2 aromatic carbocycles. The van der Waals surface area contributed by atoms with Crippen molar-refractivity contribution < 1.29 is 9.50 Å². The number of hydrogen-bond donors (Lipinski definition) is 2. The number of phenolic OH excluding ortho intramolecular Hbond substituents is 1. The van der Waals surface area contributed by atoms with Crippen LogP contribution in [0.25, 0.3) is 32.5 Å². The molecule has 0 bridgehead atoms. The predicted octanol–water partition coefficient (Wildman–Crippen LogP) is 5.91. The molecule has 28 heavy (non-hydrogen) atoms. The first kappa shape index (κ1) is 17.5. The highest BCUT2D eigenvalue weighted by molar-refractivity contribution is 7.23. The number of fused-ring (bicyclic) bond motifs is 2. The van der Waals surface area contributed by atoms with Crippen molar-refractivity contribution in [1.82, 2.24) is 4.98 Å². The molecule has 0 atom stereocenters. The van der Waals surface area contributed by atoms with E-state index in [1.54, 1.807) is 18.2 Å². The minimum absolute atomic E-state index is 0.259. The zero-order valence-electron chi connectivity index (χ0n) is 14.7. The third-order valence-corrected chi connectivity index (χ3v) is 6.65. The maximum absolute atomic E-state index is 13.7. The van der Waals surface area contributed by atoms with Crippen molar-refractivity contribution in [3.8, 4) is 28.0 Å². The maximum Gasteiger partial charge on any atom is 0.256 e. The molecule has 0 aliphatic heterocycles. The summed E-state index contributed by atoms with van der Waals surface area (Å²) in [5, 5.41) is 11.6. The van der Waals surface area contributed by atoms with E-state index in [4.69, 9.17) is 11.6 Å². The molecule has 2 aromatic heterocycles. The van der Waals surface area contributed by atoms with Crippen LogP contribution >= 0.6 is 22.9 Å². The Labute approximate surface area is 169 Å². The molecule has 140 valence electrons. The Morgan fingerprint density at radius 3 is 2.79 bits per heavy atom. The molecule has 1 aliphatic rings. The topological polar surface area (TPSA) is 53.1 Å². The van der Waals surface area contributed by atoms with Crippen molar-refractivity contribution in [1.29, 1.82) is 0 Å². The van der Waals surface area contributed by atoms with Gasteiger partial charge in [-0.1, -0.05) is 35.9 Å². The van der Waals surface area contributed by atoms with Gasteiger partial charge >= 0.3 is 0 Å². The minimum atomic E-state index is -0.406. The van der Waals surface area contributed by atoms with Gasteiger partial charge in [0.15, 0.2) is 0 Å². The van der Waals surface area contributed by atoms with Crippen LogP contribution in [-0.2, 0) is 12.8 Å². The van der Waals surface area contributed by atoms with Gasteiger partial charge < -0.3 is 10.1 Å². The number of aromatic nitrogens is 1. The number of H-pyrrole nitrogens is 1. The minimum Gasteiger partial charge on any atom is -0.507 e. The smallest absolute Gasteiger partial charge is 0.256 e. The van der Waals surface area contributed by atoms with E-state index in [1.165, 1.54) is 29.0 Å². The maximum atomic E-state index is 13.7. The van der Waals surface area contributed by atoms with E-state index in [9.17, 15) is 14.3 Å². The molecule has 2 heterocycles. The molecule has 0 saturated heterocycles. The fraction of sp³-hybridized carbons (Fsp3) is 0.136. The molecule has 0 saturated carbocycles. The van der Waals surface area contributed by atoms with Gasteiger partial charge in [0.1, 0.15) is 20.7 Å². The van der Waals surface area contributed by atoms with E-state index < -0.39 is 5.82 Å². The molecule has 4 aromatic rings. The van der Waals surface area contributed by atoms with Gasteiger partial charge in [-0.05, 0) is 54.2 Å². The molecule has 2 N–H and O–H groups in total. The Morgan fingerprint density at radius 2 is 1.96 bits per heavy atom. The number of halogens is 2. The third-order valence-electron chi connectivity index (χ3n) is 5.32. The van der Waals surface area contributed by atoms with Crippen LogP contribution in [0.4, 0.5) is 4.39 Å². The van der Waals surface area contributed by atoms with Crippen LogP contribution in [0.2, 0.25) is 4.34 Å². The average molecular weight is 412 g/mol. The number of rotatable bonds is 2. The van der Waals surface area contributed by atoms with Crippen LogP contribution in [0.5, 0.6) is 5.75 Å². The third kappa shape index (κ3) is 2.65. The van der Waals surface area contributed by atoms with E-state index in [0.29, 0.717) is 31.4 Å². The molecule has 3 nitrogen and oxygen atoms in total. The summed E-state index contributed by atoms with van der Waals surface area (Å²) in [7, 11) is 0. The van der Waals surface area contributed by atoms with Gasteiger partial charge in [-0.25, -0.2) is 4.39 Å². The van der Waals surface area contributed by atoms with Crippen molar-refractivity contribution in [2.75, 3.05) is 0 Å². The Hall–Kier alpha value is -2.63. The SMILES string of the molecule is O=c1[nH]c2sc(Cl)c(-c3ccc4c(c3O)CCC4)c2cc1-c1cccc(F)c1. The lowest BCUT2D eigenvalue weighted by molar-refractivity contribution is 0.471. The van der Waals surface area contributed by atoms with Gasteiger partial charge in [0.25, 0.3) is 5.56 Å². The second kappa shape index (κ2) is 6.47. The Morgan fingerprint density at radius 1 is 1.11 bits per heavy atom. The van der Waals surface area contributed by atoms with E-state index in [2.05, 4.69) is 4.98 Å². The Kier molecular flexibility index (Phi) is 4.03. The molecule has 6 heteroatoms.